The highest BCUT2D eigenvalue weighted by atomic mass is 32.2. The van der Waals surface area contributed by atoms with Crippen molar-refractivity contribution in [3.8, 4) is 0 Å². The number of carboxylic acids is 1. The number of ether oxygens (including phenoxy) is 1. The fraction of sp³-hybridized carbons (Fsp3) is 0.875. The van der Waals surface area contributed by atoms with E-state index in [0.29, 0.717) is 19.8 Å². The van der Waals surface area contributed by atoms with E-state index in [1.165, 1.54) is 4.31 Å². The average Bonchev–Trinajstić information content (AvgIpc) is 2.15. The van der Waals surface area contributed by atoms with Gasteiger partial charge in [-0.05, 0) is 6.92 Å². The van der Waals surface area contributed by atoms with Crippen LogP contribution in [-0.2, 0) is 19.6 Å². The van der Waals surface area contributed by atoms with Gasteiger partial charge < -0.3 is 9.84 Å². The maximum atomic E-state index is 11.7. The van der Waals surface area contributed by atoms with Gasteiger partial charge in [-0.25, -0.2) is 8.42 Å². The van der Waals surface area contributed by atoms with Gasteiger partial charge in [-0.3, -0.25) is 4.79 Å². The minimum absolute atomic E-state index is 0.211. The Bertz CT molecular complexity index is 326. The van der Waals surface area contributed by atoms with Crippen molar-refractivity contribution in [2.24, 2.45) is 0 Å². The van der Waals surface area contributed by atoms with Crippen LogP contribution in [0.3, 0.4) is 0 Å². The summed E-state index contributed by atoms with van der Waals surface area (Å²) in [5.41, 5.74) is 0. The molecule has 7 heteroatoms. The summed E-state index contributed by atoms with van der Waals surface area (Å²) in [6.45, 7) is 2.80. The highest BCUT2D eigenvalue weighted by molar-refractivity contribution is 7.89. The monoisotopic (exact) mass is 237 g/mol. The van der Waals surface area contributed by atoms with Crippen molar-refractivity contribution >= 4 is 16.0 Å². The van der Waals surface area contributed by atoms with E-state index >= 15 is 0 Å². The van der Waals surface area contributed by atoms with E-state index in [4.69, 9.17) is 9.84 Å². The first-order valence-electron chi connectivity index (χ1n) is 4.72. The molecule has 1 unspecified atom stereocenters. The zero-order valence-electron chi connectivity index (χ0n) is 8.55. The Hall–Kier alpha value is -0.660. The lowest BCUT2D eigenvalue weighted by Gasteiger charge is -2.32. The molecule has 0 radical (unpaired) electrons. The Balaban J connectivity index is 2.63. The lowest BCUT2D eigenvalue weighted by Crippen LogP contribution is -2.48. The van der Waals surface area contributed by atoms with E-state index < -0.39 is 16.0 Å². The van der Waals surface area contributed by atoms with E-state index in [2.05, 4.69) is 0 Å². The summed E-state index contributed by atoms with van der Waals surface area (Å²) < 4.78 is 29.8. The van der Waals surface area contributed by atoms with E-state index in [9.17, 15) is 13.2 Å². The predicted octanol–water partition coefficient (Wildman–Crippen LogP) is -0.488. The zero-order chi connectivity index (χ0) is 11.5. The van der Waals surface area contributed by atoms with Crippen molar-refractivity contribution in [1.29, 1.82) is 0 Å². The molecule has 1 rings (SSSR count). The third-order valence-corrected chi connectivity index (χ3v) is 4.21. The second-order valence-electron chi connectivity index (χ2n) is 3.49. The zero-order valence-corrected chi connectivity index (χ0v) is 9.37. The quantitative estimate of drug-likeness (QED) is 0.713. The Kier molecular flexibility index (Phi) is 4.06. The van der Waals surface area contributed by atoms with Crippen molar-refractivity contribution < 1.29 is 23.1 Å². The second-order valence-corrected chi connectivity index (χ2v) is 5.54. The standard InChI is InChI=1S/C8H15NO5S/c1-7-6-14-4-3-9(7)15(12,13)5-2-8(10)11/h7H,2-6H2,1H3,(H,10,11). The van der Waals surface area contributed by atoms with Crippen LogP contribution in [-0.4, -0.2) is 55.4 Å². The molecule has 0 amide bonds. The summed E-state index contributed by atoms with van der Waals surface area (Å²) >= 11 is 0. The van der Waals surface area contributed by atoms with Crippen LogP contribution in [0.25, 0.3) is 0 Å². The van der Waals surface area contributed by atoms with Gasteiger partial charge in [0, 0.05) is 12.6 Å². The number of sulfonamides is 1. The second kappa shape index (κ2) is 4.91. The van der Waals surface area contributed by atoms with Crippen molar-refractivity contribution in [1.82, 2.24) is 4.31 Å². The number of morpholine rings is 1. The number of hydrogen-bond donors (Lipinski definition) is 1. The predicted molar refractivity (Wildman–Crippen MR) is 53.0 cm³/mol. The largest absolute Gasteiger partial charge is 0.481 e. The molecule has 15 heavy (non-hydrogen) atoms. The lowest BCUT2D eigenvalue weighted by atomic mass is 10.3. The number of hydrogen-bond acceptors (Lipinski definition) is 4. The van der Waals surface area contributed by atoms with Crippen LogP contribution in [0.5, 0.6) is 0 Å². The van der Waals surface area contributed by atoms with Gasteiger partial charge in [0.15, 0.2) is 0 Å². The maximum absolute atomic E-state index is 11.7. The van der Waals surface area contributed by atoms with Gasteiger partial charge >= 0.3 is 5.97 Å². The first-order valence-corrected chi connectivity index (χ1v) is 6.33. The average molecular weight is 237 g/mol. The van der Waals surface area contributed by atoms with Gasteiger partial charge in [-0.1, -0.05) is 0 Å². The normalized spacial score (nSPS) is 23.9. The van der Waals surface area contributed by atoms with Gasteiger partial charge in [0.2, 0.25) is 10.0 Å². The Morgan fingerprint density at radius 2 is 2.27 bits per heavy atom. The topological polar surface area (TPSA) is 83.9 Å². The van der Waals surface area contributed by atoms with E-state index in [1.807, 2.05) is 0 Å². The van der Waals surface area contributed by atoms with Crippen LogP contribution in [0.15, 0.2) is 0 Å². The summed E-state index contributed by atoms with van der Waals surface area (Å²) in [7, 11) is -3.46. The summed E-state index contributed by atoms with van der Waals surface area (Å²) in [6.07, 6.45) is -0.355. The van der Waals surface area contributed by atoms with Crippen molar-refractivity contribution in [2.75, 3.05) is 25.5 Å². The summed E-state index contributed by atoms with van der Waals surface area (Å²) in [5, 5.41) is 8.43. The molecule has 0 aromatic rings. The van der Waals surface area contributed by atoms with Crippen molar-refractivity contribution in [3.63, 3.8) is 0 Å². The molecule has 1 fully saturated rings. The Labute approximate surface area is 88.9 Å². The molecule has 0 bridgehead atoms. The molecule has 1 aliphatic heterocycles. The van der Waals surface area contributed by atoms with Crippen LogP contribution in [0.1, 0.15) is 13.3 Å². The molecule has 1 aliphatic rings. The maximum Gasteiger partial charge on any atom is 0.304 e. The first-order chi connectivity index (χ1) is 6.93. The number of nitrogens with zero attached hydrogens (tertiary/aromatic N) is 1. The smallest absolute Gasteiger partial charge is 0.304 e. The minimum atomic E-state index is -3.46. The first kappa shape index (κ1) is 12.4. The van der Waals surface area contributed by atoms with Crippen LogP contribution >= 0.6 is 0 Å². The molecule has 1 atom stereocenters. The molecule has 1 saturated heterocycles. The molecule has 0 aromatic carbocycles. The summed E-state index contributed by atoms with van der Waals surface area (Å²) in [6, 6.07) is -0.211. The molecule has 0 saturated carbocycles. The number of aliphatic carboxylic acids is 1. The highest BCUT2D eigenvalue weighted by Crippen LogP contribution is 2.13. The molecule has 0 aromatic heterocycles. The van der Waals surface area contributed by atoms with Crippen LogP contribution in [0, 0.1) is 0 Å². The SMILES string of the molecule is CC1COCCN1S(=O)(=O)CCC(=O)O. The number of rotatable bonds is 4. The van der Waals surface area contributed by atoms with Crippen LogP contribution in [0.2, 0.25) is 0 Å². The molecule has 88 valence electrons. The highest BCUT2D eigenvalue weighted by Gasteiger charge is 2.30. The van der Waals surface area contributed by atoms with Gasteiger partial charge in [0.25, 0.3) is 0 Å². The Morgan fingerprint density at radius 3 is 2.80 bits per heavy atom. The molecular weight excluding hydrogens is 222 g/mol. The van der Waals surface area contributed by atoms with E-state index in [0.717, 1.165) is 0 Å². The molecule has 0 aliphatic carbocycles. The lowest BCUT2D eigenvalue weighted by molar-refractivity contribution is -0.136. The van der Waals surface area contributed by atoms with Crippen molar-refractivity contribution in [3.05, 3.63) is 0 Å². The number of carboxylic acid groups (broad SMARTS) is 1. The van der Waals surface area contributed by atoms with Crippen molar-refractivity contribution in [2.45, 2.75) is 19.4 Å². The molecule has 6 nitrogen and oxygen atoms in total. The molecular formula is C8H15NO5S. The fourth-order valence-corrected chi connectivity index (χ4v) is 3.09. The molecule has 1 heterocycles. The summed E-state index contributed by atoms with van der Waals surface area (Å²) in [4.78, 5) is 10.3. The molecule has 1 N–H and O–H groups in total. The van der Waals surface area contributed by atoms with Gasteiger partial charge in [-0.15, -0.1) is 0 Å². The van der Waals surface area contributed by atoms with Crippen LogP contribution in [0.4, 0.5) is 0 Å². The van der Waals surface area contributed by atoms with Gasteiger partial charge in [0.1, 0.15) is 0 Å². The van der Waals surface area contributed by atoms with E-state index in [1.54, 1.807) is 6.92 Å². The Morgan fingerprint density at radius 1 is 1.60 bits per heavy atom. The third-order valence-electron chi connectivity index (χ3n) is 2.24. The summed E-state index contributed by atoms with van der Waals surface area (Å²) in [5.74, 6) is -1.44. The third kappa shape index (κ3) is 3.44. The minimum Gasteiger partial charge on any atom is -0.481 e. The van der Waals surface area contributed by atoms with Crippen LogP contribution < -0.4 is 0 Å². The van der Waals surface area contributed by atoms with Gasteiger partial charge in [-0.2, -0.15) is 4.31 Å². The van der Waals surface area contributed by atoms with E-state index in [-0.39, 0.29) is 18.2 Å². The fourth-order valence-electron chi connectivity index (χ4n) is 1.46. The molecule has 0 spiro atoms. The number of carbonyl (C=O) groups is 1. The van der Waals surface area contributed by atoms with Gasteiger partial charge in [0.05, 0.1) is 25.4 Å².